The van der Waals surface area contributed by atoms with Crippen molar-refractivity contribution in [2.24, 2.45) is 0 Å². The Kier molecular flexibility index (Phi) is 4.23. The van der Waals surface area contributed by atoms with Crippen LogP contribution in [0, 0.1) is 0 Å². The molecule has 1 aromatic carbocycles. The molecular weight excluding hydrogens is 268 g/mol. The highest BCUT2D eigenvalue weighted by Gasteiger charge is 2.20. The first-order valence-electron chi connectivity index (χ1n) is 6.84. The van der Waals surface area contributed by atoms with E-state index in [1.165, 1.54) is 18.4 Å². The highest BCUT2D eigenvalue weighted by atomic mass is 32.2. The number of methoxy groups -OCH3 is 1. The molecule has 0 radical (unpaired) electrons. The summed E-state index contributed by atoms with van der Waals surface area (Å²) in [6.45, 7) is 0.894. The molecule has 0 saturated heterocycles. The fourth-order valence-electron chi connectivity index (χ4n) is 1.97. The molecule has 3 nitrogen and oxygen atoms in total. The van der Waals surface area contributed by atoms with E-state index in [0.29, 0.717) is 6.04 Å². The molecule has 0 atom stereocenters. The topological polar surface area (TPSA) is 34.1 Å². The van der Waals surface area contributed by atoms with Crippen LogP contribution in [-0.4, -0.2) is 18.1 Å². The Hall–Kier alpha value is -1.52. The maximum atomic E-state index is 5.26. The first kappa shape index (κ1) is 13.5. The fraction of sp³-hybridized carbons (Fsp3) is 0.312. The first-order chi connectivity index (χ1) is 9.85. The molecule has 0 spiro atoms. The number of nitrogens with zero attached hydrogens (tertiary/aromatic N) is 1. The third-order valence-electron chi connectivity index (χ3n) is 3.26. The molecule has 2 aromatic rings. The summed E-state index contributed by atoms with van der Waals surface area (Å²) in [7, 11) is 1.69. The minimum Gasteiger partial charge on any atom is -0.497 e. The van der Waals surface area contributed by atoms with Crippen molar-refractivity contribution in [2.45, 2.75) is 35.3 Å². The van der Waals surface area contributed by atoms with Crippen molar-refractivity contribution in [3.05, 3.63) is 48.2 Å². The van der Waals surface area contributed by atoms with Gasteiger partial charge in [0.2, 0.25) is 0 Å². The second-order valence-corrected chi connectivity index (χ2v) is 5.97. The van der Waals surface area contributed by atoms with Crippen LogP contribution in [0.5, 0.6) is 5.75 Å². The maximum Gasteiger partial charge on any atom is 0.119 e. The van der Waals surface area contributed by atoms with Gasteiger partial charge in [-0.3, -0.25) is 0 Å². The zero-order chi connectivity index (χ0) is 13.8. The summed E-state index contributed by atoms with van der Waals surface area (Å²) >= 11 is 1.68. The number of ether oxygens (including phenoxy) is 1. The van der Waals surface area contributed by atoms with Crippen LogP contribution in [0.1, 0.15) is 18.4 Å². The van der Waals surface area contributed by atoms with Gasteiger partial charge in [-0.05, 0) is 42.7 Å². The molecule has 1 heterocycles. The number of benzene rings is 1. The van der Waals surface area contributed by atoms with Gasteiger partial charge in [0, 0.05) is 23.7 Å². The third-order valence-corrected chi connectivity index (χ3v) is 4.31. The standard InChI is InChI=1S/C16H18N2OS/c1-19-14-5-2-6-15(10-14)20-16-12(4-3-9-17-16)11-18-13-7-8-13/h2-6,9-10,13,18H,7-8,11H2,1H3. The molecule has 1 aliphatic carbocycles. The maximum absolute atomic E-state index is 5.26. The summed E-state index contributed by atoms with van der Waals surface area (Å²) < 4.78 is 5.26. The first-order valence-corrected chi connectivity index (χ1v) is 7.66. The van der Waals surface area contributed by atoms with Gasteiger partial charge in [-0.25, -0.2) is 4.98 Å². The van der Waals surface area contributed by atoms with E-state index >= 15 is 0 Å². The van der Waals surface area contributed by atoms with E-state index in [-0.39, 0.29) is 0 Å². The van der Waals surface area contributed by atoms with Gasteiger partial charge in [-0.1, -0.05) is 23.9 Å². The van der Waals surface area contributed by atoms with Gasteiger partial charge >= 0.3 is 0 Å². The SMILES string of the molecule is COc1cccc(Sc2ncccc2CNC2CC2)c1. The summed E-state index contributed by atoms with van der Waals surface area (Å²) in [6, 6.07) is 12.9. The van der Waals surface area contributed by atoms with E-state index in [4.69, 9.17) is 4.74 Å². The molecule has 0 aliphatic heterocycles. The summed E-state index contributed by atoms with van der Waals surface area (Å²) in [5.41, 5.74) is 1.26. The molecule has 1 N–H and O–H groups in total. The molecule has 0 amide bonds. The van der Waals surface area contributed by atoms with E-state index in [9.17, 15) is 0 Å². The molecular formula is C16H18N2OS. The molecule has 0 unspecified atom stereocenters. The number of aromatic nitrogens is 1. The quantitative estimate of drug-likeness (QED) is 0.881. The second-order valence-electron chi connectivity index (χ2n) is 4.90. The summed E-state index contributed by atoms with van der Waals surface area (Å²) in [5.74, 6) is 0.878. The van der Waals surface area contributed by atoms with Crippen molar-refractivity contribution in [2.75, 3.05) is 7.11 Å². The minimum atomic E-state index is 0.713. The van der Waals surface area contributed by atoms with E-state index in [2.05, 4.69) is 22.4 Å². The van der Waals surface area contributed by atoms with Crippen LogP contribution in [0.3, 0.4) is 0 Å². The van der Waals surface area contributed by atoms with Crippen LogP contribution in [0.4, 0.5) is 0 Å². The third kappa shape index (κ3) is 3.52. The lowest BCUT2D eigenvalue weighted by molar-refractivity contribution is 0.413. The Morgan fingerprint density at radius 2 is 2.20 bits per heavy atom. The van der Waals surface area contributed by atoms with Crippen LogP contribution in [0.25, 0.3) is 0 Å². The van der Waals surface area contributed by atoms with Crippen molar-refractivity contribution in [1.82, 2.24) is 10.3 Å². The lowest BCUT2D eigenvalue weighted by Crippen LogP contribution is -2.16. The highest BCUT2D eigenvalue weighted by molar-refractivity contribution is 7.99. The molecule has 1 saturated carbocycles. The van der Waals surface area contributed by atoms with Crippen LogP contribution in [-0.2, 0) is 6.54 Å². The number of rotatable bonds is 6. The molecule has 1 aromatic heterocycles. The van der Waals surface area contributed by atoms with Crippen molar-refractivity contribution in [3.8, 4) is 5.75 Å². The summed E-state index contributed by atoms with van der Waals surface area (Å²) in [4.78, 5) is 5.66. The van der Waals surface area contributed by atoms with Crippen molar-refractivity contribution < 1.29 is 4.74 Å². The normalized spacial score (nSPS) is 14.2. The Morgan fingerprint density at radius 3 is 3.00 bits per heavy atom. The molecule has 4 heteroatoms. The Bertz CT molecular complexity index is 584. The molecule has 104 valence electrons. The molecule has 1 fully saturated rings. The minimum absolute atomic E-state index is 0.713. The zero-order valence-electron chi connectivity index (χ0n) is 11.5. The van der Waals surface area contributed by atoms with Crippen LogP contribution >= 0.6 is 11.8 Å². The lowest BCUT2D eigenvalue weighted by Gasteiger charge is -2.09. The lowest BCUT2D eigenvalue weighted by atomic mass is 10.3. The van der Waals surface area contributed by atoms with Crippen LogP contribution in [0.2, 0.25) is 0 Å². The van der Waals surface area contributed by atoms with Gasteiger partial charge in [0.25, 0.3) is 0 Å². The number of hydrogen-bond donors (Lipinski definition) is 1. The summed E-state index contributed by atoms with van der Waals surface area (Å²) in [5, 5.41) is 4.61. The van der Waals surface area contributed by atoms with E-state index in [1.807, 2.05) is 30.5 Å². The molecule has 20 heavy (non-hydrogen) atoms. The van der Waals surface area contributed by atoms with E-state index < -0.39 is 0 Å². The predicted molar refractivity (Wildman–Crippen MR) is 81.2 cm³/mol. The van der Waals surface area contributed by atoms with Gasteiger partial charge in [0.15, 0.2) is 0 Å². The molecule has 3 rings (SSSR count). The predicted octanol–water partition coefficient (Wildman–Crippen LogP) is 3.49. The molecule has 1 aliphatic rings. The number of nitrogens with one attached hydrogen (secondary N) is 1. The van der Waals surface area contributed by atoms with Gasteiger partial charge in [-0.15, -0.1) is 0 Å². The monoisotopic (exact) mass is 286 g/mol. The van der Waals surface area contributed by atoms with E-state index in [1.54, 1.807) is 18.9 Å². The number of hydrogen-bond acceptors (Lipinski definition) is 4. The second kappa shape index (κ2) is 6.29. The Labute approximate surface area is 123 Å². The van der Waals surface area contributed by atoms with Gasteiger partial charge in [0.1, 0.15) is 10.8 Å². The van der Waals surface area contributed by atoms with Crippen LogP contribution in [0.15, 0.2) is 52.5 Å². The largest absolute Gasteiger partial charge is 0.497 e. The zero-order valence-corrected chi connectivity index (χ0v) is 12.3. The van der Waals surface area contributed by atoms with Gasteiger partial charge in [-0.2, -0.15) is 0 Å². The highest BCUT2D eigenvalue weighted by Crippen LogP contribution is 2.31. The van der Waals surface area contributed by atoms with Crippen molar-refractivity contribution in [3.63, 3.8) is 0 Å². The van der Waals surface area contributed by atoms with Crippen molar-refractivity contribution >= 4 is 11.8 Å². The smallest absolute Gasteiger partial charge is 0.119 e. The van der Waals surface area contributed by atoms with Gasteiger partial charge < -0.3 is 10.1 Å². The van der Waals surface area contributed by atoms with Gasteiger partial charge in [0.05, 0.1) is 7.11 Å². The van der Waals surface area contributed by atoms with E-state index in [0.717, 1.165) is 22.2 Å². The Morgan fingerprint density at radius 1 is 1.30 bits per heavy atom. The fourth-order valence-corrected chi connectivity index (χ4v) is 2.90. The molecule has 0 bridgehead atoms. The summed E-state index contributed by atoms with van der Waals surface area (Å²) in [6.07, 6.45) is 4.46. The Balaban J connectivity index is 1.74. The average Bonchev–Trinajstić information content (AvgIpc) is 3.31. The van der Waals surface area contributed by atoms with Crippen molar-refractivity contribution in [1.29, 1.82) is 0 Å². The van der Waals surface area contributed by atoms with Crippen LogP contribution < -0.4 is 10.1 Å². The average molecular weight is 286 g/mol. The number of pyridine rings is 1.